The molecule has 1 N–H and O–H groups in total. The van der Waals surface area contributed by atoms with Gasteiger partial charge in [-0.1, -0.05) is 0 Å². The van der Waals surface area contributed by atoms with Crippen LogP contribution in [0.5, 0.6) is 0 Å². The van der Waals surface area contributed by atoms with Crippen molar-refractivity contribution in [3.8, 4) is 0 Å². The second kappa shape index (κ2) is 6.66. The number of esters is 1. The number of rotatable bonds is 5. The third kappa shape index (κ3) is 2.70. The molecule has 146 valence electrons. The topological polar surface area (TPSA) is 91.8 Å². The molecule has 0 saturated heterocycles. The molecule has 0 aliphatic rings. The average molecular weight is 381 g/mol. The lowest BCUT2D eigenvalue weighted by molar-refractivity contribution is 0.0514. The number of carbonyl (C=O) groups excluding carboxylic acids is 1. The first-order valence-electron chi connectivity index (χ1n) is 9.23. The van der Waals surface area contributed by atoms with E-state index in [2.05, 4.69) is 15.4 Å². The molecule has 4 rings (SSSR count). The molecule has 0 aliphatic carbocycles. The Kier molecular flexibility index (Phi) is 4.29. The SMILES string of the molecule is CCOC(=O)c1cc2c3c(ncn3C)c(Nc3cc(C)n(C)n3)nc2n1CC. The van der Waals surface area contributed by atoms with Crippen LogP contribution in [0.4, 0.5) is 11.6 Å². The Morgan fingerprint density at radius 1 is 1.25 bits per heavy atom. The van der Waals surface area contributed by atoms with E-state index in [0.29, 0.717) is 36.1 Å². The van der Waals surface area contributed by atoms with Gasteiger partial charge in [0.05, 0.1) is 18.5 Å². The van der Waals surface area contributed by atoms with Gasteiger partial charge in [0, 0.05) is 37.8 Å². The zero-order valence-corrected chi connectivity index (χ0v) is 16.6. The molecule has 0 bridgehead atoms. The summed E-state index contributed by atoms with van der Waals surface area (Å²) in [6.07, 6.45) is 1.74. The van der Waals surface area contributed by atoms with E-state index in [-0.39, 0.29) is 5.97 Å². The molecule has 4 aromatic heterocycles. The molecule has 0 aromatic carbocycles. The third-order valence-electron chi connectivity index (χ3n) is 4.86. The first kappa shape index (κ1) is 18.0. The van der Waals surface area contributed by atoms with E-state index in [4.69, 9.17) is 9.72 Å². The van der Waals surface area contributed by atoms with Gasteiger partial charge in [-0.3, -0.25) is 4.68 Å². The maximum atomic E-state index is 12.4. The van der Waals surface area contributed by atoms with Gasteiger partial charge in [-0.05, 0) is 26.8 Å². The number of aromatic nitrogens is 6. The second-order valence-corrected chi connectivity index (χ2v) is 6.66. The van der Waals surface area contributed by atoms with Gasteiger partial charge in [-0.25, -0.2) is 14.8 Å². The van der Waals surface area contributed by atoms with Gasteiger partial charge < -0.3 is 19.2 Å². The van der Waals surface area contributed by atoms with Gasteiger partial charge in [-0.2, -0.15) is 5.10 Å². The third-order valence-corrected chi connectivity index (χ3v) is 4.86. The number of fused-ring (bicyclic) bond motifs is 3. The highest BCUT2D eigenvalue weighted by molar-refractivity contribution is 6.09. The monoisotopic (exact) mass is 381 g/mol. The van der Waals surface area contributed by atoms with Crippen molar-refractivity contribution in [3.05, 3.63) is 29.8 Å². The molecule has 0 spiro atoms. The van der Waals surface area contributed by atoms with Crippen LogP contribution < -0.4 is 5.32 Å². The summed E-state index contributed by atoms with van der Waals surface area (Å²) in [5.74, 6) is 0.941. The summed E-state index contributed by atoms with van der Waals surface area (Å²) < 4.78 is 10.8. The van der Waals surface area contributed by atoms with E-state index < -0.39 is 0 Å². The van der Waals surface area contributed by atoms with E-state index in [9.17, 15) is 4.79 Å². The fourth-order valence-electron chi connectivity index (χ4n) is 3.44. The minimum absolute atomic E-state index is 0.324. The quantitative estimate of drug-likeness (QED) is 0.535. The maximum absolute atomic E-state index is 12.4. The molecule has 0 saturated carbocycles. The van der Waals surface area contributed by atoms with E-state index in [1.807, 2.05) is 49.2 Å². The average Bonchev–Trinajstić information content (AvgIpc) is 3.31. The van der Waals surface area contributed by atoms with Crippen LogP contribution >= 0.6 is 0 Å². The lowest BCUT2D eigenvalue weighted by atomic mass is 10.2. The van der Waals surface area contributed by atoms with E-state index in [1.165, 1.54) is 0 Å². The number of nitrogens with one attached hydrogen (secondary N) is 1. The minimum Gasteiger partial charge on any atom is -0.461 e. The van der Waals surface area contributed by atoms with Gasteiger partial charge in [-0.15, -0.1) is 0 Å². The number of ether oxygens (including phenoxy) is 1. The maximum Gasteiger partial charge on any atom is 0.355 e. The highest BCUT2D eigenvalue weighted by atomic mass is 16.5. The smallest absolute Gasteiger partial charge is 0.355 e. The summed E-state index contributed by atoms with van der Waals surface area (Å²) in [6, 6.07) is 3.78. The van der Waals surface area contributed by atoms with Crippen LogP contribution in [0.25, 0.3) is 22.1 Å². The summed E-state index contributed by atoms with van der Waals surface area (Å²) in [6.45, 7) is 6.68. The van der Waals surface area contributed by atoms with Gasteiger partial charge in [0.25, 0.3) is 0 Å². The largest absolute Gasteiger partial charge is 0.461 e. The Morgan fingerprint density at radius 3 is 2.68 bits per heavy atom. The zero-order valence-electron chi connectivity index (χ0n) is 16.6. The molecule has 0 atom stereocenters. The van der Waals surface area contributed by atoms with Crippen molar-refractivity contribution in [2.45, 2.75) is 27.3 Å². The first-order valence-corrected chi connectivity index (χ1v) is 9.23. The van der Waals surface area contributed by atoms with Gasteiger partial charge >= 0.3 is 5.97 Å². The van der Waals surface area contributed by atoms with Crippen molar-refractivity contribution in [2.75, 3.05) is 11.9 Å². The molecule has 0 fully saturated rings. The van der Waals surface area contributed by atoms with Gasteiger partial charge in [0.2, 0.25) is 0 Å². The number of nitrogens with zero attached hydrogens (tertiary/aromatic N) is 6. The Balaban J connectivity index is 1.96. The first-order chi connectivity index (χ1) is 13.4. The van der Waals surface area contributed by atoms with Crippen LogP contribution in [-0.4, -0.2) is 41.5 Å². The standard InChI is InChI=1S/C19H23N7O2/c1-6-26-13(19(27)28-7-2)9-12-16-15(20-10-24(16)4)17(22-18(12)26)21-14-8-11(3)25(5)23-14/h8-10H,6-7H2,1-5H3,(H,21,22,23). The van der Waals surface area contributed by atoms with Crippen LogP contribution in [-0.2, 0) is 25.4 Å². The van der Waals surface area contributed by atoms with Crippen LogP contribution in [0.15, 0.2) is 18.5 Å². The van der Waals surface area contributed by atoms with Crippen molar-refractivity contribution in [2.24, 2.45) is 14.1 Å². The van der Waals surface area contributed by atoms with Crippen molar-refractivity contribution in [1.82, 2.24) is 28.9 Å². The number of hydrogen-bond acceptors (Lipinski definition) is 6. The fourth-order valence-corrected chi connectivity index (χ4v) is 3.44. The number of imidazole rings is 1. The summed E-state index contributed by atoms with van der Waals surface area (Å²) >= 11 is 0. The molecule has 9 nitrogen and oxygen atoms in total. The Bertz CT molecular complexity index is 1180. The molecule has 0 radical (unpaired) electrons. The Labute approximate surface area is 161 Å². The van der Waals surface area contributed by atoms with Crippen LogP contribution in [0.3, 0.4) is 0 Å². The van der Waals surface area contributed by atoms with Crippen molar-refractivity contribution < 1.29 is 9.53 Å². The van der Waals surface area contributed by atoms with Gasteiger partial charge in [0.15, 0.2) is 11.6 Å². The Morgan fingerprint density at radius 2 is 2.04 bits per heavy atom. The van der Waals surface area contributed by atoms with Crippen molar-refractivity contribution >= 4 is 39.7 Å². The summed E-state index contributed by atoms with van der Waals surface area (Å²) in [7, 11) is 3.82. The number of pyridine rings is 1. The molecular weight excluding hydrogens is 358 g/mol. The lowest BCUT2D eigenvalue weighted by Gasteiger charge is -2.09. The molecule has 28 heavy (non-hydrogen) atoms. The fraction of sp³-hybridized carbons (Fsp3) is 0.368. The van der Waals surface area contributed by atoms with Gasteiger partial charge in [0.1, 0.15) is 16.9 Å². The van der Waals surface area contributed by atoms with E-state index in [0.717, 1.165) is 22.1 Å². The number of aryl methyl sites for hydroxylation is 4. The zero-order chi connectivity index (χ0) is 20.0. The molecule has 0 unspecified atom stereocenters. The second-order valence-electron chi connectivity index (χ2n) is 6.66. The number of anilines is 2. The lowest BCUT2D eigenvalue weighted by Crippen LogP contribution is -2.11. The summed E-state index contributed by atoms with van der Waals surface area (Å²) in [5, 5.41) is 8.59. The number of hydrogen-bond donors (Lipinski definition) is 1. The molecule has 0 aliphatic heterocycles. The summed E-state index contributed by atoms with van der Waals surface area (Å²) in [5.41, 5.74) is 3.85. The molecular formula is C19H23N7O2. The number of carbonyl (C=O) groups is 1. The molecule has 4 heterocycles. The minimum atomic E-state index is -0.354. The molecule has 9 heteroatoms. The highest BCUT2D eigenvalue weighted by Gasteiger charge is 2.22. The highest BCUT2D eigenvalue weighted by Crippen LogP contribution is 2.32. The summed E-state index contributed by atoms with van der Waals surface area (Å²) in [4.78, 5) is 21.8. The predicted molar refractivity (Wildman–Crippen MR) is 107 cm³/mol. The van der Waals surface area contributed by atoms with Crippen LogP contribution in [0, 0.1) is 6.92 Å². The Hall–Kier alpha value is -3.36. The van der Waals surface area contributed by atoms with Crippen molar-refractivity contribution in [1.29, 1.82) is 0 Å². The predicted octanol–water partition coefficient (Wildman–Crippen LogP) is 2.91. The van der Waals surface area contributed by atoms with E-state index >= 15 is 0 Å². The molecule has 4 aromatic rings. The molecule has 0 amide bonds. The van der Waals surface area contributed by atoms with Crippen molar-refractivity contribution in [3.63, 3.8) is 0 Å². The van der Waals surface area contributed by atoms with Crippen LogP contribution in [0.2, 0.25) is 0 Å². The van der Waals surface area contributed by atoms with Crippen LogP contribution in [0.1, 0.15) is 30.0 Å². The normalized spacial score (nSPS) is 11.5. The van der Waals surface area contributed by atoms with E-state index in [1.54, 1.807) is 17.9 Å².